The topological polar surface area (TPSA) is 62.5 Å². The smallest absolute Gasteiger partial charge is 0.341 e. The molecular formula is C20H22F2N2O3. The predicted octanol–water partition coefficient (Wildman–Crippen LogP) is 3.81. The summed E-state index contributed by atoms with van der Waals surface area (Å²) in [6.07, 6.45) is 2.29. The van der Waals surface area contributed by atoms with Crippen LogP contribution in [0.25, 0.3) is 10.9 Å². The third kappa shape index (κ3) is 2.80. The van der Waals surface area contributed by atoms with Gasteiger partial charge < -0.3 is 14.6 Å². The number of carboxylic acid groups (broad SMARTS) is 1. The molecule has 5 nitrogen and oxygen atoms in total. The average molecular weight is 376 g/mol. The summed E-state index contributed by atoms with van der Waals surface area (Å²) in [7, 11) is 0. The molecule has 0 bridgehead atoms. The van der Waals surface area contributed by atoms with Crippen LogP contribution in [-0.2, 0) is 0 Å². The van der Waals surface area contributed by atoms with Crippen molar-refractivity contribution in [3.8, 4) is 0 Å². The molecule has 1 aromatic carbocycles. The third-order valence-corrected chi connectivity index (χ3v) is 5.88. The molecule has 1 unspecified atom stereocenters. The van der Waals surface area contributed by atoms with Crippen LogP contribution in [0.5, 0.6) is 0 Å². The van der Waals surface area contributed by atoms with Gasteiger partial charge in [0.05, 0.1) is 17.7 Å². The SMILES string of the molecule is CCC1(F)CCN(c2c(F)cc3cc(C(=O)O)c(=O)n(C4CC4)c3c2C)C1. The summed E-state index contributed by atoms with van der Waals surface area (Å²) in [6, 6.07) is 2.45. The standard InChI is InChI=1S/C20H22F2N2O3/c1-3-20(22)6-7-23(10-20)17-11(2)16-12(9-15(17)21)8-14(19(26)27)18(25)24(16)13-4-5-13/h8-9,13H,3-7,10H2,1-2H3,(H,26,27). The van der Waals surface area contributed by atoms with Crippen LogP contribution in [0, 0.1) is 12.7 Å². The minimum atomic E-state index is -1.34. The third-order valence-electron chi connectivity index (χ3n) is 5.88. The second-order valence-electron chi connectivity index (χ2n) is 7.72. The number of carboxylic acids is 1. The van der Waals surface area contributed by atoms with Crippen molar-refractivity contribution in [3.05, 3.63) is 39.4 Å². The number of halogens is 2. The van der Waals surface area contributed by atoms with E-state index in [1.807, 2.05) is 0 Å². The zero-order valence-electron chi connectivity index (χ0n) is 15.4. The van der Waals surface area contributed by atoms with Crippen molar-refractivity contribution in [1.29, 1.82) is 0 Å². The lowest BCUT2D eigenvalue weighted by Crippen LogP contribution is -2.30. The molecule has 1 saturated heterocycles. The number of aryl methyl sites for hydroxylation is 1. The van der Waals surface area contributed by atoms with Crippen LogP contribution in [0.1, 0.15) is 54.6 Å². The fourth-order valence-electron chi connectivity index (χ4n) is 4.20. The van der Waals surface area contributed by atoms with Gasteiger partial charge in [-0.1, -0.05) is 6.92 Å². The maximum absolute atomic E-state index is 15.0. The van der Waals surface area contributed by atoms with Gasteiger partial charge in [0.15, 0.2) is 0 Å². The molecule has 1 N–H and O–H groups in total. The van der Waals surface area contributed by atoms with Gasteiger partial charge in [-0.25, -0.2) is 13.6 Å². The van der Waals surface area contributed by atoms with Crippen molar-refractivity contribution in [2.24, 2.45) is 0 Å². The highest BCUT2D eigenvalue weighted by Gasteiger charge is 2.39. The molecule has 0 spiro atoms. The van der Waals surface area contributed by atoms with E-state index in [0.717, 1.165) is 12.8 Å². The van der Waals surface area contributed by atoms with Crippen molar-refractivity contribution in [1.82, 2.24) is 4.57 Å². The average Bonchev–Trinajstić information content (AvgIpc) is 3.37. The summed E-state index contributed by atoms with van der Waals surface area (Å²) in [5.41, 5.74) is -0.823. The highest BCUT2D eigenvalue weighted by Crippen LogP contribution is 2.41. The van der Waals surface area contributed by atoms with Gasteiger partial charge in [0.2, 0.25) is 0 Å². The molecule has 1 aromatic heterocycles. The number of carbonyl (C=O) groups is 1. The minimum absolute atomic E-state index is 0.0641. The van der Waals surface area contributed by atoms with E-state index in [1.54, 1.807) is 18.7 Å². The number of alkyl halides is 1. The monoisotopic (exact) mass is 376 g/mol. The highest BCUT2D eigenvalue weighted by atomic mass is 19.1. The molecule has 144 valence electrons. The molecule has 2 heterocycles. The Labute approximate surface area is 155 Å². The fraction of sp³-hybridized carbons (Fsp3) is 0.500. The fourth-order valence-corrected chi connectivity index (χ4v) is 4.20. The number of benzene rings is 1. The second-order valence-corrected chi connectivity index (χ2v) is 7.72. The van der Waals surface area contributed by atoms with Gasteiger partial charge in [-0.2, -0.15) is 0 Å². The Kier molecular flexibility index (Phi) is 4.01. The number of hydrogen-bond donors (Lipinski definition) is 1. The van der Waals surface area contributed by atoms with E-state index in [4.69, 9.17) is 0 Å². The summed E-state index contributed by atoms with van der Waals surface area (Å²) < 4.78 is 31.2. The van der Waals surface area contributed by atoms with E-state index in [9.17, 15) is 23.5 Å². The van der Waals surface area contributed by atoms with Gasteiger partial charge in [0.25, 0.3) is 5.56 Å². The van der Waals surface area contributed by atoms with Crippen LogP contribution in [0.2, 0.25) is 0 Å². The first-order chi connectivity index (χ1) is 12.8. The number of pyridine rings is 1. The Bertz CT molecular complexity index is 1010. The predicted molar refractivity (Wildman–Crippen MR) is 99.1 cm³/mol. The molecular weight excluding hydrogens is 354 g/mol. The molecule has 0 radical (unpaired) electrons. The van der Waals surface area contributed by atoms with Crippen LogP contribution >= 0.6 is 0 Å². The molecule has 4 rings (SSSR count). The lowest BCUT2D eigenvalue weighted by Gasteiger charge is -2.25. The summed E-state index contributed by atoms with van der Waals surface area (Å²) >= 11 is 0. The first-order valence-corrected chi connectivity index (χ1v) is 9.31. The van der Waals surface area contributed by atoms with Crippen LogP contribution in [0.3, 0.4) is 0 Å². The van der Waals surface area contributed by atoms with E-state index in [2.05, 4.69) is 0 Å². The maximum atomic E-state index is 15.0. The lowest BCUT2D eigenvalue weighted by molar-refractivity contribution is 0.0694. The van der Waals surface area contributed by atoms with Gasteiger partial charge in [-0.3, -0.25) is 4.79 Å². The molecule has 1 atom stereocenters. The largest absolute Gasteiger partial charge is 0.477 e. The van der Waals surface area contributed by atoms with Gasteiger partial charge in [-0.15, -0.1) is 0 Å². The number of hydrogen-bond acceptors (Lipinski definition) is 3. The number of aromatic carboxylic acids is 1. The van der Waals surface area contributed by atoms with E-state index in [1.165, 1.54) is 16.7 Å². The normalized spacial score (nSPS) is 22.6. The van der Waals surface area contributed by atoms with E-state index < -0.39 is 23.0 Å². The van der Waals surface area contributed by atoms with Gasteiger partial charge in [0.1, 0.15) is 17.0 Å². The van der Waals surface area contributed by atoms with Gasteiger partial charge in [-0.05, 0) is 43.9 Å². The van der Waals surface area contributed by atoms with Gasteiger partial charge in [0, 0.05) is 24.4 Å². The molecule has 0 amide bonds. The number of fused-ring (bicyclic) bond motifs is 1. The molecule has 2 aromatic rings. The summed E-state index contributed by atoms with van der Waals surface area (Å²) in [5.74, 6) is -1.83. The Morgan fingerprint density at radius 1 is 1.37 bits per heavy atom. The Balaban J connectivity index is 1.96. The van der Waals surface area contributed by atoms with E-state index >= 15 is 0 Å². The molecule has 2 fully saturated rings. The van der Waals surface area contributed by atoms with Crippen molar-refractivity contribution >= 4 is 22.6 Å². The van der Waals surface area contributed by atoms with Crippen molar-refractivity contribution < 1.29 is 18.7 Å². The first kappa shape index (κ1) is 17.9. The Hall–Kier alpha value is -2.44. The molecule has 1 aliphatic carbocycles. The zero-order valence-corrected chi connectivity index (χ0v) is 15.4. The van der Waals surface area contributed by atoms with Gasteiger partial charge >= 0.3 is 5.97 Å². The first-order valence-electron chi connectivity index (χ1n) is 9.31. The highest BCUT2D eigenvalue weighted by molar-refractivity contribution is 5.95. The van der Waals surface area contributed by atoms with Crippen molar-refractivity contribution in [3.63, 3.8) is 0 Å². The molecule has 1 saturated carbocycles. The number of anilines is 1. The van der Waals surface area contributed by atoms with Crippen LogP contribution in [0.4, 0.5) is 14.5 Å². The molecule has 1 aliphatic heterocycles. The second kappa shape index (κ2) is 6.04. The number of nitrogens with zero attached hydrogens (tertiary/aromatic N) is 2. The molecule has 2 aliphatic rings. The summed E-state index contributed by atoms with van der Waals surface area (Å²) in [5, 5.41) is 9.73. The quantitative estimate of drug-likeness (QED) is 0.881. The lowest BCUT2D eigenvalue weighted by atomic mass is 10.0. The van der Waals surface area contributed by atoms with Crippen LogP contribution < -0.4 is 10.5 Å². The Morgan fingerprint density at radius 3 is 2.63 bits per heavy atom. The number of rotatable bonds is 4. The number of aromatic nitrogens is 1. The Morgan fingerprint density at radius 2 is 2.07 bits per heavy atom. The maximum Gasteiger partial charge on any atom is 0.341 e. The summed E-state index contributed by atoms with van der Waals surface area (Å²) in [6.45, 7) is 4.04. The van der Waals surface area contributed by atoms with Crippen LogP contribution in [0.15, 0.2) is 16.9 Å². The van der Waals surface area contributed by atoms with Crippen molar-refractivity contribution in [2.45, 2.75) is 51.2 Å². The molecule has 7 heteroatoms. The van der Waals surface area contributed by atoms with Crippen LogP contribution in [-0.4, -0.2) is 34.4 Å². The van der Waals surface area contributed by atoms with E-state index in [-0.39, 0.29) is 18.2 Å². The summed E-state index contributed by atoms with van der Waals surface area (Å²) in [4.78, 5) is 25.9. The van der Waals surface area contributed by atoms with E-state index in [0.29, 0.717) is 41.5 Å². The van der Waals surface area contributed by atoms with Crippen molar-refractivity contribution in [2.75, 3.05) is 18.0 Å². The zero-order chi connectivity index (χ0) is 19.5. The molecule has 27 heavy (non-hydrogen) atoms. The minimum Gasteiger partial charge on any atom is -0.477 e.